The fraction of sp³-hybridized carbons (Fsp3) is 0.250. The van der Waals surface area contributed by atoms with E-state index in [-0.39, 0.29) is 0 Å². The van der Waals surface area contributed by atoms with Crippen LogP contribution in [0.3, 0.4) is 0 Å². The minimum absolute atomic E-state index is 0.412. The fourth-order valence-corrected chi connectivity index (χ4v) is 1.99. The number of hydrogen-bond donors (Lipinski definition) is 0. The molecule has 0 N–H and O–H groups in total. The molecule has 114 valence electrons. The third kappa shape index (κ3) is 2.95. The number of hydrogen-bond acceptors (Lipinski definition) is 6. The van der Waals surface area contributed by atoms with Crippen molar-refractivity contribution in [2.75, 3.05) is 14.2 Å². The second kappa shape index (κ2) is 6.34. The molecule has 0 saturated carbocycles. The largest absolute Gasteiger partial charge is 0.465 e. The van der Waals surface area contributed by atoms with Gasteiger partial charge in [0.1, 0.15) is 0 Å². The molecule has 6 nitrogen and oxygen atoms in total. The number of aromatic nitrogens is 2. The molecule has 0 radical (unpaired) electrons. The first-order chi connectivity index (χ1) is 10.5. The van der Waals surface area contributed by atoms with Crippen molar-refractivity contribution in [2.45, 2.75) is 13.8 Å². The zero-order valence-electron chi connectivity index (χ0n) is 12.8. The molecule has 22 heavy (non-hydrogen) atoms. The van der Waals surface area contributed by atoms with Gasteiger partial charge in [-0.1, -0.05) is 0 Å². The van der Waals surface area contributed by atoms with E-state index >= 15 is 0 Å². The lowest BCUT2D eigenvalue weighted by Gasteiger charge is -2.08. The highest BCUT2D eigenvalue weighted by Crippen LogP contribution is 2.21. The Morgan fingerprint density at radius 3 is 1.50 bits per heavy atom. The molecule has 0 aliphatic carbocycles. The van der Waals surface area contributed by atoms with Gasteiger partial charge in [0, 0.05) is 12.4 Å². The van der Waals surface area contributed by atoms with E-state index in [1.807, 2.05) is 0 Å². The monoisotopic (exact) mass is 300 g/mol. The van der Waals surface area contributed by atoms with E-state index in [1.54, 1.807) is 38.4 Å². The van der Waals surface area contributed by atoms with Crippen LogP contribution in [0.2, 0.25) is 0 Å². The molecule has 0 atom stereocenters. The van der Waals surface area contributed by atoms with Gasteiger partial charge in [-0.05, 0) is 37.1 Å². The van der Waals surface area contributed by atoms with Crippen LogP contribution in [-0.4, -0.2) is 36.1 Å². The van der Waals surface area contributed by atoms with Crippen LogP contribution in [0, 0.1) is 13.8 Å². The van der Waals surface area contributed by atoms with Gasteiger partial charge in [-0.3, -0.25) is 9.97 Å². The molecular weight excluding hydrogens is 284 g/mol. The summed E-state index contributed by atoms with van der Waals surface area (Å²) in [6.07, 6.45) is 3.14. The number of methoxy groups -OCH3 is 2. The van der Waals surface area contributed by atoms with Crippen LogP contribution in [0.25, 0.3) is 11.4 Å². The van der Waals surface area contributed by atoms with E-state index in [4.69, 9.17) is 9.47 Å². The highest BCUT2D eigenvalue weighted by Gasteiger charge is 2.15. The Morgan fingerprint density at radius 1 is 0.818 bits per heavy atom. The van der Waals surface area contributed by atoms with E-state index in [0.717, 1.165) is 0 Å². The normalized spacial score (nSPS) is 10.2. The maximum atomic E-state index is 11.7. The average molecular weight is 300 g/mol. The molecule has 0 aliphatic rings. The maximum Gasteiger partial charge on any atom is 0.338 e. The van der Waals surface area contributed by atoms with Crippen LogP contribution in [0.15, 0.2) is 24.5 Å². The van der Waals surface area contributed by atoms with Gasteiger partial charge in [0.05, 0.1) is 36.7 Å². The smallest absolute Gasteiger partial charge is 0.338 e. The zero-order valence-corrected chi connectivity index (χ0v) is 12.8. The molecule has 0 unspecified atom stereocenters. The second-order valence-corrected chi connectivity index (χ2v) is 4.75. The molecule has 0 amide bonds. The Bertz CT molecular complexity index is 677. The number of carbonyl (C=O) groups is 2. The first kappa shape index (κ1) is 15.6. The molecule has 0 fully saturated rings. The second-order valence-electron chi connectivity index (χ2n) is 4.75. The van der Waals surface area contributed by atoms with Gasteiger partial charge in [0.2, 0.25) is 0 Å². The van der Waals surface area contributed by atoms with Crippen molar-refractivity contribution in [1.82, 2.24) is 9.97 Å². The lowest BCUT2D eigenvalue weighted by Crippen LogP contribution is -2.07. The summed E-state index contributed by atoms with van der Waals surface area (Å²) in [5.74, 6) is -0.886. The molecule has 2 aromatic heterocycles. The third-order valence-corrected chi connectivity index (χ3v) is 3.28. The van der Waals surface area contributed by atoms with Gasteiger partial charge < -0.3 is 9.47 Å². The van der Waals surface area contributed by atoms with Crippen molar-refractivity contribution in [1.29, 1.82) is 0 Å². The Hall–Kier alpha value is -2.76. The number of carbonyl (C=O) groups excluding carboxylic acids is 2. The molecule has 0 bridgehead atoms. The molecule has 0 saturated heterocycles. The molecule has 2 aromatic rings. The van der Waals surface area contributed by atoms with Crippen molar-refractivity contribution >= 4 is 11.9 Å². The lowest BCUT2D eigenvalue weighted by molar-refractivity contribution is 0.0590. The quantitative estimate of drug-likeness (QED) is 0.810. The van der Waals surface area contributed by atoms with Crippen LogP contribution in [0.1, 0.15) is 31.8 Å². The van der Waals surface area contributed by atoms with Crippen molar-refractivity contribution < 1.29 is 19.1 Å². The number of nitrogens with zero attached hydrogens (tertiary/aromatic N) is 2. The van der Waals surface area contributed by atoms with E-state index in [9.17, 15) is 9.59 Å². The van der Waals surface area contributed by atoms with Gasteiger partial charge in [-0.15, -0.1) is 0 Å². The summed E-state index contributed by atoms with van der Waals surface area (Å²) in [4.78, 5) is 32.0. The van der Waals surface area contributed by atoms with E-state index in [1.165, 1.54) is 14.2 Å². The van der Waals surface area contributed by atoms with Gasteiger partial charge >= 0.3 is 11.9 Å². The molecule has 0 spiro atoms. The minimum atomic E-state index is -0.443. The number of rotatable bonds is 3. The molecule has 0 aliphatic heterocycles. The van der Waals surface area contributed by atoms with Crippen LogP contribution in [0.5, 0.6) is 0 Å². The van der Waals surface area contributed by atoms with Crippen molar-refractivity contribution in [2.24, 2.45) is 0 Å². The van der Waals surface area contributed by atoms with Crippen LogP contribution < -0.4 is 0 Å². The van der Waals surface area contributed by atoms with E-state index < -0.39 is 11.9 Å². The Balaban J connectivity index is 2.53. The summed E-state index contributed by atoms with van der Waals surface area (Å²) in [5.41, 5.74) is 3.20. The Morgan fingerprint density at radius 2 is 1.18 bits per heavy atom. The Kier molecular flexibility index (Phi) is 4.50. The van der Waals surface area contributed by atoms with Gasteiger partial charge in [0.25, 0.3) is 0 Å². The summed E-state index contributed by atoms with van der Waals surface area (Å²) in [6.45, 7) is 3.54. The number of ether oxygens (including phenoxy) is 2. The first-order valence-electron chi connectivity index (χ1n) is 6.58. The summed E-state index contributed by atoms with van der Waals surface area (Å²) in [7, 11) is 2.64. The topological polar surface area (TPSA) is 78.4 Å². The van der Waals surface area contributed by atoms with Crippen LogP contribution in [-0.2, 0) is 9.47 Å². The molecule has 6 heteroatoms. The minimum Gasteiger partial charge on any atom is -0.465 e. The van der Waals surface area contributed by atoms with Crippen LogP contribution in [0.4, 0.5) is 0 Å². The highest BCUT2D eigenvalue weighted by atomic mass is 16.5. The highest BCUT2D eigenvalue weighted by molar-refractivity contribution is 5.93. The van der Waals surface area contributed by atoms with Crippen molar-refractivity contribution in [3.05, 3.63) is 46.8 Å². The van der Waals surface area contributed by atoms with E-state index in [2.05, 4.69) is 9.97 Å². The fourth-order valence-electron chi connectivity index (χ4n) is 1.99. The SMILES string of the molecule is COC(=O)c1cc(-c2cc(C(=O)OC)c(C)cn2)ncc1C. The summed E-state index contributed by atoms with van der Waals surface area (Å²) in [6, 6.07) is 3.19. The molecule has 2 heterocycles. The standard InChI is InChI=1S/C16H16N2O4/c1-9-7-17-13(5-11(9)15(19)21-3)14-6-12(16(20)22-4)10(2)8-18-14/h5-8H,1-4H3. The predicted molar refractivity (Wildman–Crippen MR) is 79.6 cm³/mol. The van der Waals surface area contributed by atoms with Crippen molar-refractivity contribution in [3.63, 3.8) is 0 Å². The average Bonchev–Trinajstić information content (AvgIpc) is 2.54. The number of aryl methyl sites for hydroxylation is 2. The van der Waals surface area contributed by atoms with Gasteiger partial charge in [-0.25, -0.2) is 9.59 Å². The van der Waals surface area contributed by atoms with Crippen molar-refractivity contribution in [3.8, 4) is 11.4 Å². The number of esters is 2. The summed E-state index contributed by atoms with van der Waals surface area (Å²) < 4.78 is 9.49. The van der Waals surface area contributed by atoms with Gasteiger partial charge in [0.15, 0.2) is 0 Å². The van der Waals surface area contributed by atoms with E-state index in [0.29, 0.717) is 33.6 Å². The molecule has 2 rings (SSSR count). The Labute approximate surface area is 128 Å². The summed E-state index contributed by atoms with van der Waals surface area (Å²) >= 11 is 0. The van der Waals surface area contributed by atoms with Crippen LogP contribution >= 0.6 is 0 Å². The summed E-state index contributed by atoms with van der Waals surface area (Å²) in [5, 5.41) is 0. The predicted octanol–water partition coefficient (Wildman–Crippen LogP) is 2.33. The van der Waals surface area contributed by atoms with Gasteiger partial charge in [-0.2, -0.15) is 0 Å². The molecular formula is C16H16N2O4. The maximum absolute atomic E-state index is 11.7. The third-order valence-electron chi connectivity index (χ3n) is 3.28. The molecule has 0 aromatic carbocycles. The lowest BCUT2D eigenvalue weighted by atomic mass is 10.1. The first-order valence-corrected chi connectivity index (χ1v) is 6.58. The zero-order chi connectivity index (χ0) is 16.3. The number of pyridine rings is 2.